The van der Waals surface area contributed by atoms with Gasteiger partial charge in [0.2, 0.25) is 0 Å². The van der Waals surface area contributed by atoms with E-state index in [9.17, 15) is 0 Å². The first kappa shape index (κ1) is 11.0. The summed E-state index contributed by atoms with van der Waals surface area (Å²) in [5, 5.41) is 0.821. The van der Waals surface area contributed by atoms with Gasteiger partial charge in [-0.15, -0.1) is 0 Å². The molecule has 0 aliphatic heterocycles. The standard InChI is InChI=1S/C13H18ClN/c1-8-4-5-9(6-11(8)14)12(15)10-7-13(10,2)3/h4-6,10,12H,7,15H2,1-3H3. The molecule has 0 saturated heterocycles. The van der Waals surface area contributed by atoms with Gasteiger partial charge in [-0.1, -0.05) is 37.6 Å². The Morgan fingerprint density at radius 2 is 2.07 bits per heavy atom. The minimum absolute atomic E-state index is 0.137. The van der Waals surface area contributed by atoms with E-state index in [1.165, 1.54) is 12.0 Å². The Labute approximate surface area is 96.6 Å². The Kier molecular flexibility index (Phi) is 2.56. The monoisotopic (exact) mass is 223 g/mol. The Morgan fingerprint density at radius 3 is 2.53 bits per heavy atom. The fourth-order valence-electron chi connectivity index (χ4n) is 2.17. The maximum atomic E-state index is 6.24. The molecule has 0 radical (unpaired) electrons. The summed E-state index contributed by atoms with van der Waals surface area (Å²) in [6.45, 7) is 6.55. The number of benzene rings is 1. The lowest BCUT2D eigenvalue weighted by molar-refractivity contribution is 0.491. The SMILES string of the molecule is Cc1ccc(C(N)C2CC2(C)C)cc1Cl. The highest BCUT2D eigenvalue weighted by atomic mass is 35.5. The predicted molar refractivity (Wildman–Crippen MR) is 65.0 cm³/mol. The lowest BCUT2D eigenvalue weighted by Crippen LogP contribution is -2.15. The van der Waals surface area contributed by atoms with Gasteiger partial charge < -0.3 is 5.73 Å². The van der Waals surface area contributed by atoms with Crippen LogP contribution in [0.3, 0.4) is 0 Å². The van der Waals surface area contributed by atoms with Crippen molar-refractivity contribution in [1.82, 2.24) is 0 Å². The van der Waals surface area contributed by atoms with Gasteiger partial charge in [-0.2, -0.15) is 0 Å². The van der Waals surface area contributed by atoms with Crippen LogP contribution >= 0.6 is 11.6 Å². The molecule has 1 aliphatic carbocycles. The molecule has 2 N–H and O–H groups in total. The summed E-state index contributed by atoms with van der Waals surface area (Å²) in [7, 11) is 0. The minimum atomic E-state index is 0.137. The maximum absolute atomic E-state index is 6.24. The summed E-state index contributed by atoms with van der Waals surface area (Å²) in [4.78, 5) is 0. The largest absolute Gasteiger partial charge is 0.324 e. The van der Waals surface area contributed by atoms with Gasteiger partial charge in [0, 0.05) is 11.1 Å². The second-order valence-electron chi connectivity index (χ2n) is 5.33. The smallest absolute Gasteiger partial charge is 0.0438 e. The lowest BCUT2D eigenvalue weighted by atomic mass is 9.97. The third kappa shape index (κ3) is 2.04. The van der Waals surface area contributed by atoms with E-state index in [1.807, 2.05) is 19.1 Å². The molecule has 1 saturated carbocycles. The molecule has 0 aromatic heterocycles. The van der Waals surface area contributed by atoms with Gasteiger partial charge in [-0.05, 0) is 41.9 Å². The molecule has 1 aromatic rings. The van der Waals surface area contributed by atoms with Crippen molar-refractivity contribution in [1.29, 1.82) is 0 Å². The Bertz CT molecular complexity index is 384. The average Bonchev–Trinajstić information content (AvgIpc) is 2.79. The molecule has 82 valence electrons. The highest BCUT2D eigenvalue weighted by Crippen LogP contribution is 2.57. The van der Waals surface area contributed by atoms with Crippen LogP contribution in [0.25, 0.3) is 0 Å². The van der Waals surface area contributed by atoms with Gasteiger partial charge in [0.1, 0.15) is 0 Å². The van der Waals surface area contributed by atoms with Crippen molar-refractivity contribution in [2.24, 2.45) is 17.1 Å². The van der Waals surface area contributed by atoms with Crippen molar-refractivity contribution < 1.29 is 0 Å². The van der Waals surface area contributed by atoms with E-state index in [0.29, 0.717) is 11.3 Å². The fraction of sp³-hybridized carbons (Fsp3) is 0.538. The van der Waals surface area contributed by atoms with Crippen LogP contribution in [0.2, 0.25) is 5.02 Å². The number of hydrogen-bond donors (Lipinski definition) is 1. The van der Waals surface area contributed by atoms with Crippen molar-refractivity contribution in [3.63, 3.8) is 0 Å². The quantitative estimate of drug-likeness (QED) is 0.813. The third-order valence-corrected chi connectivity index (χ3v) is 4.01. The number of rotatable bonds is 2. The molecule has 1 nitrogen and oxygen atoms in total. The Morgan fingerprint density at radius 1 is 1.47 bits per heavy atom. The molecule has 0 heterocycles. The van der Waals surface area contributed by atoms with Gasteiger partial charge in [-0.3, -0.25) is 0 Å². The number of aryl methyl sites for hydroxylation is 1. The van der Waals surface area contributed by atoms with E-state index in [0.717, 1.165) is 10.6 Å². The van der Waals surface area contributed by atoms with Crippen LogP contribution in [0, 0.1) is 18.3 Å². The van der Waals surface area contributed by atoms with E-state index >= 15 is 0 Å². The first-order chi connectivity index (χ1) is 6.92. The van der Waals surface area contributed by atoms with Gasteiger partial charge in [0.05, 0.1) is 0 Å². The van der Waals surface area contributed by atoms with E-state index < -0.39 is 0 Å². The van der Waals surface area contributed by atoms with Crippen LogP contribution in [0.1, 0.15) is 37.4 Å². The van der Waals surface area contributed by atoms with Crippen molar-refractivity contribution in [2.75, 3.05) is 0 Å². The highest BCUT2D eigenvalue weighted by molar-refractivity contribution is 6.31. The number of halogens is 1. The lowest BCUT2D eigenvalue weighted by Gasteiger charge is -2.14. The van der Waals surface area contributed by atoms with Crippen LogP contribution in [0.5, 0.6) is 0 Å². The van der Waals surface area contributed by atoms with Crippen molar-refractivity contribution in [2.45, 2.75) is 33.2 Å². The summed E-state index contributed by atoms with van der Waals surface area (Å²) < 4.78 is 0. The average molecular weight is 224 g/mol. The van der Waals surface area contributed by atoms with Gasteiger partial charge in [-0.25, -0.2) is 0 Å². The molecule has 2 heteroatoms. The maximum Gasteiger partial charge on any atom is 0.0438 e. The molecular formula is C13H18ClN. The molecule has 1 fully saturated rings. The first-order valence-corrected chi connectivity index (χ1v) is 5.81. The zero-order valence-corrected chi connectivity index (χ0v) is 10.3. The number of nitrogens with two attached hydrogens (primary N) is 1. The van der Waals surface area contributed by atoms with Crippen molar-refractivity contribution in [3.05, 3.63) is 34.3 Å². The first-order valence-electron chi connectivity index (χ1n) is 5.43. The molecule has 0 amide bonds. The molecule has 0 bridgehead atoms. The molecule has 2 rings (SSSR count). The minimum Gasteiger partial charge on any atom is -0.324 e. The van der Waals surface area contributed by atoms with E-state index in [2.05, 4.69) is 19.9 Å². The molecular weight excluding hydrogens is 206 g/mol. The van der Waals surface area contributed by atoms with Crippen LogP contribution < -0.4 is 5.73 Å². The van der Waals surface area contributed by atoms with Gasteiger partial charge in [0.25, 0.3) is 0 Å². The zero-order valence-electron chi connectivity index (χ0n) is 9.55. The van der Waals surface area contributed by atoms with Crippen LogP contribution in [0.15, 0.2) is 18.2 Å². The summed E-state index contributed by atoms with van der Waals surface area (Å²) in [5.74, 6) is 0.608. The number of hydrogen-bond acceptors (Lipinski definition) is 1. The normalized spacial score (nSPS) is 25.0. The Hall–Kier alpha value is -0.530. The van der Waals surface area contributed by atoms with Crippen LogP contribution in [0.4, 0.5) is 0 Å². The summed E-state index contributed by atoms with van der Waals surface area (Å²) in [6, 6.07) is 6.29. The van der Waals surface area contributed by atoms with E-state index in [1.54, 1.807) is 0 Å². The molecule has 0 spiro atoms. The Balaban J connectivity index is 2.20. The topological polar surface area (TPSA) is 26.0 Å². The van der Waals surface area contributed by atoms with Crippen LogP contribution in [-0.4, -0.2) is 0 Å². The molecule has 2 atom stereocenters. The van der Waals surface area contributed by atoms with Gasteiger partial charge in [0.15, 0.2) is 0 Å². The second kappa shape index (κ2) is 3.50. The molecule has 1 aromatic carbocycles. The van der Waals surface area contributed by atoms with Gasteiger partial charge >= 0.3 is 0 Å². The summed E-state index contributed by atoms with van der Waals surface area (Å²) in [6.07, 6.45) is 1.22. The second-order valence-corrected chi connectivity index (χ2v) is 5.74. The van der Waals surface area contributed by atoms with Crippen molar-refractivity contribution >= 4 is 11.6 Å². The summed E-state index contributed by atoms with van der Waals surface area (Å²) >= 11 is 6.10. The highest BCUT2D eigenvalue weighted by Gasteiger charge is 2.49. The molecule has 15 heavy (non-hydrogen) atoms. The zero-order chi connectivity index (χ0) is 11.2. The summed E-state index contributed by atoms with van der Waals surface area (Å²) in [5.41, 5.74) is 8.93. The van der Waals surface area contributed by atoms with E-state index in [4.69, 9.17) is 17.3 Å². The third-order valence-electron chi connectivity index (χ3n) is 3.60. The fourth-order valence-corrected chi connectivity index (χ4v) is 2.36. The molecule has 2 unspecified atom stereocenters. The van der Waals surface area contributed by atoms with E-state index in [-0.39, 0.29) is 6.04 Å². The predicted octanol–water partition coefficient (Wildman–Crippen LogP) is 3.69. The van der Waals surface area contributed by atoms with Crippen LogP contribution in [-0.2, 0) is 0 Å². The van der Waals surface area contributed by atoms with Crippen molar-refractivity contribution in [3.8, 4) is 0 Å². The molecule has 1 aliphatic rings.